The topological polar surface area (TPSA) is 56.3 Å². The van der Waals surface area contributed by atoms with E-state index in [0.29, 0.717) is 18.0 Å². The molecule has 1 saturated carbocycles. The minimum Gasteiger partial charge on any atom is -0.475 e. The number of hydrogen-bond donors (Lipinski definition) is 1. The molecule has 0 aromatic carbocycles. The highest BCUT2D eigenvalue weighted by Gasteiger charge is 2.49. The van der Waals surface area contributed by atoms with Crippen molar-refractivity contribution >= 4 is 5.82 Å². The second-order valence-corrected chi connectivity index (χ2v) is 6.11. The molecule has 1 fully saturated rings. The Bertz CT molecular complexity index is 448. The summed E-state index contributed by atoms with van der Waals surface area (Å²) in [4.78, 5) is 8.38. The average Bonchev–Trinajstić information content (AvgIpc) is 2.37. The Morgan fingerprint density at radius 2 is 2.15 bits per heavy atom. The largest absolute Gasteiger partial charge is 0.475 e. The molecular weight excluding hydrogens is 254 g/mol. The maximum atomic E-state index is 5.74. The summed E-state index contributed by atoms with van der Waals surface area (Å²) >= 11 is 0. The second-order valence-electron chi connectivity index (χ2n) is 6.11. The zero-order valence-electron chi connectivity index (χ0n) is 13.0. The molecule has 0 bridgehead atoms. The molecule has 20 heavy (non-hydrogen) atoms. The molecule has 0 saturated heterocycles. The van der Waals surface area contributed by atoms with E-state index in [2.05, 4.69) is 29.1 Å². The highest BCUT2D eigenvalue weighted by atomic mass is 16.5. The minimum atomic E-state index is 0.111. The van der Waals surface area contributed by atoms with Gasteiger partial charge in [0.2, 0.25) is 5.88 Å². The van der Waals surface area contributed by atoms with Gasteiger partial charge in [0, 0.05) is 24.1 Å². The molecule has 5 nitrogen and oxygen atoms in total. The number of anilines is 1. The van der Waals surface area contributed by atoms with Crippen molar-refractivity contribution in [2.24, 2.45) is 5.41 Å². The number of rotatable bonds is 6. The van der Waals surface area contributed by atoms with E-state index in [-0.39, 0.29) is 11.5 Å². The lowest BCUT2D eigenvalue weighted by molar-refractivity contribution is -0.0976. The minimum absolute atomic E-state index is 0.111. The van der Waals surface area contributed by atoms with Gasteiger partial charge in [-0.2, -0.15) is 0 Å². The van der Waals surface area contributed by atoms with Crippen LogP contribution in [0.2, 0.25) is 0 Å². The van der Waals surface area contributed by atoms with Crippen molar-refractivity contribution in [1.82, 2.24) is 9.97 Å². The fourth-order valence-corrected chi connectivity index (χ4v) is 2.52. The standard InChI is InChI=1S/C15H25N3O2/c1-6-19-12-7-11(15(12,4)5)18-13-8-14(17-9-16-13)20-10(2)3/h8-12H,6-7H2,1-5H3,(H,16,17,18). The SMILES string of the molecule is CCOC1CC(Nc2cc(OC(C)C)ncn2)C1(C)C. The Balaban J connectivity index is 1.97. The molecule has 1 aromatic heterocycles. The van der Waals surface area contributed by atoms with Gasteiger partial charge in [-0.25, -0.2) is 9.97 Å². The van der Waals surface area contributed by atoms with Crippen LogP contribution in [0.15, 0.2) is 12.4 Å². The molecule has 2 rings (SSSR count). The van der Waals surface area contributed by atoms with Crippen LogP contribution in [-0.4, -0.2) is 34.8 Å². The number of nitrogens with zero attached hydrogens (tertiary/aromatic N) is 2. The summed E-state index contributed by atoms with van der Waals surface area (Å²) in [5.41, 5.74) is 0.111. The van der Waals surface area contributed by atoms with Crippen LogP contribution < -0.4 is 10.1 Å². The second kappa shape index (κ2) is 5.95. The number of nitrogens with one attached hydrogen (secondary N) is 1. The molecule has 0 aliphatic heterocycles. The van der Waals surface area contributed by atoms with Crippen LogP contribution in [0.5, 0.6) is 5.88 Å². The fraction of sp³-hybridized carbons (Fsp3) is 0.733. The van der Waals surface area contributed by atoms with E-state index in [0.717, 1.165) is 18.8 Å². The van der Waals surface area contributed by atoms with Gasteiger partial charge in [0.15, 0.2) is 0 Å². The van der Waals surface area contributed by atoms with Gasteiger partial charge in [0.05, 0.1) is 12.2 Å². The molecule has 0 spiro atoms. The monoisotopic (exact) mass is 279 g/mol. The Morgan fingerprint density at radius 3 is 2.75 bits per heavy atom. The van der Waals surface area contributed by atoms with E-state index < -0.39 is 0 Å². The van der Waals surface area contributed by atoms with Gasteiger partial charge in [-0.3, -0.25) is 0 Å². The van der Waals surface area contributed by atoms with E-state index in [1.807, 2.05) is 26.8 Å². The first-order chi connectivity index (χ1) is 9.43. The highest BCUT2D eigenvalue weighted by molar-refractivity contribution is 5.40. The predicted molar refractivity (Wildman–Crippen MR) is 79.0 cm³/mol. The smallest absolute Gasteiger partial charge is 0.218 e. The van der Waals surface area contributed by atoms with E-state index in [1.165, 1.54) is 6.33 Å². The van der Waals surface area contributed by atoms with Crippen LogP contribution in [0.25, 0.3) is 0 Å². The van der Waals surface area contributed by atoms with Crippen molar-refractivity contribution in [1.29, 1.82) is 0 Å². The molecule has 0 radical (unpaired) electrons. The van der Waals surface area contributed by atoms with Gasteiger partial charge >= 0.3 is 0 Å². The van der Waals surface area contributed by atoms with Crippen molar-refractivity contribution in [3.05, 3.63) is 12.4 Å². The van der Waals surface area contributed by atoms with Gasteiger partial charge in [-0.1, -0.05) is 13.8 Å². The third-order valence-corrected chi connectivity index (χ3v) is 3.87. The van der Waals surface area contributed by atoms with Gasteiger partial charge < -0.3 is 14.8 Å². The van der Waals surface area contributed by atoms with Crippen LogP contribution >= 0.6 is 0 Å². The maximum absolute atomic E-state index is 5.74. The van der Waals surface area contributed by atoms with E-state index in [4.69, 9.17) is 9.47 Å². The third-order valence-electron chi connectivity index (χ3n) is 3.87. The predicted octanol–water partition coefficient (Wildman–Crippen LogP) is 2.88. The van der Waals surface area contributed by atoms with E-state index in [9.17, 15) is 0 Å². The van der Waals surface area contributed by atoms with Crippen LogP contribution in [0.1, 0.15) is 41.0 Å². The van der Waals surface area contributed by atoms with Crippen LogP contribution in [0.4, 0.5) is 5.82 Å². The molecular formula is C15H25N3O2. The third kappa shape index (κ3) is 3.20. The lowest BCUT2D eigenvalue weighted by Crippen LogP contribution is -2.58. The Morgan fingerprint density at radius 1 is 1.40 bits per heavy atom. The Labute approximate surface area is 121 Å². The zero-order valence-corrected chi connectivity index (χ0v) is 13.0. The first-order valence-corrected chi connectivity index (χ1v) is 7.30. The molecule has 1 aliphatic rings. The van der Waals surface area contributed by atoms with Crippen molar-refractivity contribution in [2.75, 3.05) is 11.9 Å². The molecule has 1 aliphatic carbocycles. The molecule has 2 atom stereocenters. The quantitative estimate of drug-likeness (QED) is 0.867. The first-order valence-electron chi connectivity index (χ1n) is 7.30. The maximum Gasteiger partial charge on any atom is 0.218 e. The lowest BCUT2D eigenvalue weighted by Gasteiger charge is -2.51. The van der Waals surface area contributed by atoms with Gasteiger partial charge in [-0.05, 0) is 27.2 Å². The normalized spacial score (nSPS) is 24.3. The number of ether oxygens (including phenoxy) is 2. The summed E-state index contributed by atoms with van der Waals surface area (Å²) in [5, 5.41) is 3.46. The highest BCUT2D eigenvalue weighted by Crippen LogP contribution is 2.44. The summed E-state index contributed by atoms with van der Waals surface area (Å²) in [6.07, 6.45) is 2.97. The molecule has 5 heteroatoms. The van der Waals surface area contributed by atoms with Gasteiger partial charge in [0.25, 0.3) is 0 Å². The van der Waals surface area contributed by atoms with Crippen LogP contribution in [0, 0.1) is 5.41 Å². The molecule has 0 amide bonds. The molecule has 1 N–H and O–H groups in total. The van der Waals surface area contributed by atoms with E-state index >= 15 is 0 Å². The van der Waals surface area contributed by atoms with E-state index in [1.54, 1.807) is 0 Å². The average molecular weight is 279 g/mol. The first kappa shape index (κ1) is 15.0. The summed E-state index contributed by atoms with van der Waals surface area (Å²) in [6, 6.07) is 2.21. The Hall–Kier alpha value is -1.36. The summed E-state index contributed by atoms with van der Waals surface area (Å²) < 4.78 is 11.3. The van der Waals surface area contributed by atoms with Crippen LogP contribution in [0.3, 0.4) is 0 Å². The molecule has 2 unspecified atom stereocenters. The zero-order chi connectivity index (χ0) is 14.8. The molecule has 1 aromatic rings. The lowest BCUT2D eigenvalue weighted by atomic mass is 9.64. The summed E-state index contributed by atoms with van der Waals surface area (Å²) in [7, 11) is 0. The Kier molecular flexibility index (Phi) is 4.48. The number of hydrogen-bond acceptors (Lipinski definition) is 5. The van der Waals surface area contributed by atoms with Crippen molar-refractivity contribution in [2.45, 2.75) is 59.3 Å². The van der Waals surface area contributed by atoms with Crippen LogP contribution in [-0.2, 0) is 4.74 Å². The summed E-state index contributed by atoms with van der Waals surface area (Å²) in [5.74, 6) is 1.42. The number of aromatic nitrogens is 2. The van der Waals surface area contributed by atoms with Gasteiger partial charge in [-0.15, -0.1) is 0 Å². The molecule has 112 valence electrons. The fourth-order valence-electron chi connectivity index (χ4n) is 2.52. The van der Waals surface area contributed by atoms with Gasteiger partial charge in [0.1, 0.15) is 12.1 Å². The summed E-state index contributed by atoms with van der Waals surface area (Å²) in [6.45, 7) is 11.2. The van der Waals surface area contributed by atoms with Crippen molar-refractivity contribution in [3.63, 3.8) is 0 Å². The van der Waals surface area contributed by atoms with Crippen molar-refractivity contribution in [3.8, 4) is 5.88 Å². The molecule has 1 heterocycles. The van der Waals surface area contributed by atoms with Crippen molar-refractivity contribution < 1.29 is 9.47 Å².